The molecular formula is C21H15ClF6N8O6P-. The number of benzene rings is 1. The van der Waals surface area contributed by atoms with Crippen LogP contribution >= 0.6 is 19.4 Å². The summed E-state index contributed by atoms with van der Waals surface area (Å²) in [7, 11) is -5.95. The Bertz CT molecular complexity index is 1770. The molecule has 0 saturated heterocycles. The molecule has 230 valence electrons. The molecule has 0 aliphatic rings. The largest absolute Gasteiger partial charge is 0.756 e. The van der Waals surface area contributed by atoms with Gasteiger partial charge in [-0.05, 0) is 36.4 Å². The second-order valence-corrected chi connectivity index (χ2v) is 10.1. The van der Waals surface area contributed by atoms with Crippen molar-refractivity contribution in [2.75, 3.05) is 0 Å². The summed E-state index contributed by atoms with van der Waals surface area (Å²) >= 11 is 5.84. The van der Waals surface area contributed by atoms with Gasteiger partial charge in [0.05, 0.1) is 6.54 Å². The van der Waals surface area contributed by atoms with Crippen LogP contribution in [-0.4, -0.2) is 57.2 Å². The fourth-order valence-corrected chi connectivity index (χ4v) is 4.33. The van der Waals surface area contributed by atoms with E-state index in [0.29, 0.717) is 20.0 Å². The first-order valence-electron chi connectivity index (χ1n) is 11.4. The molecule has 0 fully saturated rings. The molecular weight excluding hydrogens is 641 g/mol. The molecule has 0 radical (unpaired) electrons. The monoisotopic (exact) mass is 655 g/mol. The average Bonchev–Trinajstić information content (AvgIpc) is 3.44. The third kappa shape index (κ3) is 7.28. The summed E-state index contributed by atoms with van der Waals surface area (Å²) in [4.78, 5) is 52.5. The molecule has 4 aromatic rings. The van der Waals surface area contributed by atoms with Gasteiger partial charge >= 0.3 is 18.0 Å². The van der Waals surface area contributed by atoms with Crippen molar-refractivity contribution in [3.05, 3.63) is 75.3 Å². The van der Waals surface area contributed by atoms with Gasteiger partial charge in [0, 0.05) is 16.8 Å². The van der Waals surface area contributed by atoms with E-state index in [-0.39, 0.29) is 10.6 Å². The van der Waals surface area contributed by atoms with Crippen LogP contribution in [0.3, 0.4) is 0 Å². The minimum Gasteiger partial charge on any atom is -0.756 e. The van der Waals surface area contributed by atoms with Crippen molar-refractivity contribution in [1.29, 1.82) is 0 Å². The molecule has 3 aromatic heterocycles. The Morgan fingerprint density at radius 3 is 2.35 bits per heavy atom. The van der Waals surface area contributed by atoms with Crippen LogP contribution < -0.4 is 16.3 Å². The van der Waals surface area contributed by atoms with Crippen LogP contribution in [0.5, 0.6) is 0 Å². The second kappa shape index (κ2) is 11.5. The van der Waals surface area contributed by atoms with Gasteiger partial charge in [-0.1, -0.05) is 11.6 Å². The Morgan fingerprint density at radius 1 is 1.14 bits per heavy atom. The number of phosphoric acid groups is 1. The minimum atomic E-state index is -5.95. The smallest absolute Gasteiger partial charge is 0.420 e. The lowest BCUT2D eigenvalue weighted by atomic mass is 10.2. The van der Waals surface area contributed by atoms with E-state index in [0.717, 1.165) is 12.3 Å². The maximum atomic E-state index is 13.6. The molecule has 3 heterocycles. The third-order valence-electron chi connectivity index (χ3n) is 5.45. The van der Waals surface area contributed by atoms with Crippen molar-refractivity contribution in [3.63, 3.8) is 0 Å². The topological polar surface area (TPSA) is 196 Å². The average molecular weight is 656 g/mol. The Labute approximate surface area is 239 Å². The normalized spacial score (nSPS) is 14.4. The number of hydrogen-bond donors (Lipinski definition) is 2. The molecule has 3 N–H and O–H groups in total. The fourth-order valence-electron chi connectivity index (χ4n) is 3.69. The number of pyridine rings is 1. The molecule has 14 nitrogen and oxygen atoms in total. The summed E-state index contributed by atoms with van der Waals surface area (Å²) in [5, 5.41) is 7.92. The van der Waals surface area contributed by atoms with E-state index in [2.05, 4.69) is 24.7 Å². The van der Waals surface area contributed by atoms with Crippen LogP contribution in [0.25, 0.3) is 17.2 Å². The Balaban J connectivity index is 1.83. The molecule has 1 amide bonds. The first kappa shape index (κ1) is 31.8. The van der Waals surface area contributed by atoms with E-state index in [1.807, 2.05) is 0 Å². The SMILES string of the molecule is NC(=O)c1nc(Cn2nc(-c3ccc(Cl)cc3)n(C[C@H](OP(=O)([O-])O)C(F)(F)F)c2=O)nn1-c1ncccc1C(F)(F)F. The molecule has 0 aliphatic heterocycles. The van der Waals surface area contributed by atoms with E-state index >= 15 is 0 Å². The van der Waals surface area contributed by atoms with Crippen molar-refractivity contribution < 1.29 is 50.0 Å². The number of nitrogens with two attached hydrogens (primary N) is 1. The summed E-state index contributed by atoms with van der Waals surface area (Å²) in [5.41, 5.74) is 2.61. The lowest BCUT2D eigenvalue weighted by Gasteiger charge is -2.26. The molecule has 4 rings (SSSR count). The highest BCUT2D eigenvalue weighted by atomic mass is 35.5. The standard InChI is InChI=1S/C21H16ClF6N8O6P/c22-11-5-3-10(4-6-11)16-33-35(19(38)34(16)8-13(21(26,27)28)42-43(39,40)41)9-14-31-18(15(29)37)36(32-14)17-12(20(23,24)25)2-1-7-30-17/h1-7,13H,8-9H2,(H2,29,37)(H2,39,40,41)/p-1/t13-/m0/s1. The molecule has 0 spiro atoms. The van der Waals surface area contributed by atoms with Crippen molar-refractivity contribution in [3.8, 4) is 17.2 Å². The highest BCUT2D eigenvalue weighted by Crippen LogP contribution is 2.39. The van der Waals surface area contributed by atoms with Gasteiger partial charge in [-0.2, -0.15) is 31.0 Å². The van der Waals surface area contributed by atoms with Crippen LogP contribution in [0.1, 0.15) is 22.0 Å². The number of carbonyl (C=O) groups excluding carboxylic acids is 1. The summed E-state index contributed by atoms with van der Waals surface area (Å²) in [6.07, 6.45) is -12.6. The van der Waals surface area contributed by atoms with Crippen LogP contribution in [0, 0.1) is 0 Å². The van der Waals surface area contributed by atoms with E-state index < -0.39 is 79.8 Å². The highest BCUT2D eigenvalue weighted by Gasteiger charge is 2.44. The molecule has 1 unspecified atom stereocenters. The van der Waals surface area contributed by atoms with Gasteiger partial charge < -0.3 is 20.0 Å². The van der Waals surface area contributed by atoms with Crippen LogP contribution in [0.4, 0.5) is 26.3 Å². The zero-order chi connectivity index (χ0) is 31.9. The number of primary amides is 1. The van der Waals surface area contributed by atoms with Gasteiger partial charge in [0.15, 0.2) is 23.6 Å². The zero-order valence-electron chi connectivity index (χ0n) is 20.8. The van der Waals surface area contributed by atoms with Crippen LogP contribution in [-0.2, 0) is 28.4 Å². The van der Waals surface area contributed by atoms with E-state index in [9.17, 15) is 45.4 Å². The van der Waals surface area contributed by atoms with Crippen molar-refractivity contribution >= 4 is 25.3 Å². The van der Waals surface area contributed by atoms with Gasteiger partial charge in [0.25, 0.3) is 13.7 Å². The molecule has 0 aliphatic carbocycles. The minimum absolute atomic E-state index is 0.00935. The van der Waals surface area contributed by atoms with Crippen molar-refractivity contribution in [2.45, 2.75) is 31.5 Å². The molecule has 22 heteroatoms. The van der Waals surface area contributed by atoms with E-state index in [1.54, 1.807) is 0 Å². The third-order valence-corrected chi connectivity index (χ3v) is 6.23. The summed E-state index contributed by atoms with van der Waals surface area (Å²) in [6, 6.07) is 6.74. The van der Waals surface area contributed by atoms with E-state index in [1.165, 1.54) is 24.3 Å². The Morgan fingerprint density at radius 2 is 1.79 bits per heavy atom. The number of amides is 1. The quantitative estimate of drug-likeness (QED) is 0.199. The Hall–Kier alpha value is -4.10. The first-order chi connectivity index (χ1) is 19.8. The second-order valence-electron chi connectivity index (χ2n) is 8.49. The zero-order valence-corrected chi connectivity index (χ0v) is 22.5. The summed E-state index contributed by atoms with van der Waals surface area (Å²) in [6.45, 7) is -2.35. The summed E-state index contributed by atoms with van der Waals surface area (Å²) < 4.78 is 97.6. The van der Waals surface area contributed by atoms with Gasteiger partial charge in [-0.25, -0.2) is 19.4 Å². The Kier molecular flexibility index (Phi) is 8.53. The summed E-state index contributed by atoms with van der Waals surface area (Å²) in [5.74, 6) is -4.07. The number of halogens is 7. The van der Waals surface area contributed by atoms with Gasteiger partial charge in [-0.15, -0.1) is 10.2 Å². The molecule has 43 heavy (non-hydrogen) atoms. The number of phosphoric ester groups is 1. The molecule has 1 aromatic carbocycles. The maximum absolute atomic E-state index is 13.6. The molecule has 2 atom stereocenters. The number of aromatic nitrogens is 7. The van der Waals surface area contributed by atoms with Crippen molar-refractivity contribution in [2.24, 2.45) is 5.73 Å². The maximum Gasteiger partial charge on any atom is 0.420 e. The number of carbonyl (C=O) groups is 1. The van der Waals surface area contributed by atoms with Gasteiger partial charge in [0.2, 0.25) is 5.82 Å². The fraction of sp³-hybridized carbons (Fsp3) is 0.238. The van der Waals surface area contributed by atoms with Crippen LogP contribution in [0.15, 0.2) is 47.4 Å². The molecule has 0 saturated carbocycles. The lowest BCUT2D eigenvalue weighted by Crippen LogP contribution is -2.39. The lowest BCUT2D eigenvalue weighted by molar-refractivity contribution is -0.255. The number of alkyl halides is 6. The highest BCUT2D eigenvalue weighted by molar-refractivity contribution is 7.44. The predicted molar refractivity (Wildman–Crippen MR) is 129 cm³/mol. The van der Waals surface area contributed by atoms with Gasteiger partial charge in [0.1, 0.15) is 12.1 Å². The number of hydrogen-bond acceptors (Lipinski definition) is 9. The number of rotatable bonds is 9. The van der Waals surface area contributed by atoms with Crippen LogP contribution in [0.2, 0.25) is 5.02 Å². The predicted octanol–water partition coefficient (Wildman–Crippen LogP) is 1.92. The van der Waals surface area contributed by atoms with Gasteiger partial charge in [-0.3, -0.25) is 13.9 Å². The van der Waals surface area contributed by atoms with E-state index in [4.69, 9.17) is 22.2 Å². The number of nitrogens with zero attached hydrogens (tertiary/aromatic N) is 7. The molecule has 0 bridgehead atoms. The van der Waals surface area contributed by atoms with Crippen molar-refractivity contribution in [1.82, 2.24) is 34.1 Å². The first-order valence-corrected chi connectivity index (χ1v) is 13.2.